The Morgan fingerprint density at radius 1 is 1.55 bits per heavy atom. The van der Waals surface area contributed by atoms with Crippen molar-refractivity contribution in [3.63, 3.8) is 0 Å². The summed E-state index contributed by atoms with van der Waals surface area (Å²) in [7, 11) is 1.79. The first kappa shape index (κ1) is 17.3. The lowest BCUT2D eigenvalue weighted by Gasteiger charge is -2.39. The third kappa shape index (κ3) is 4.74. The van der Waals surface area contributed by atoms with Crippen molar-refractivity contribution in [3.05, 3.63) is 11.6 Å². The lowest BCUT2D eigenvalue weighted by atomic mass is 10.2. The van der Waals surface area contributed by atoms with Gasteiger partial charge in [-0.05, 0) is 13.8 Å². The van der Waals surface area contributed by atoms with Gasteiger partial charge in [-0.2, -0.15) is 0 Å². The minimum absolute atomic E-state index is 0.102. The number of amides is 1. The molecule has 0 aromatic carbocycles. The summed E-state index contributed by atoms with van der Waals surface area (Å²) in [6.45, 7) is 10.0. The average Bonchev–Trinajstić information content (AvgIpc) is 3.03. The fourth-order valence-electron chi connectivity index (χ4n) is 2.66. The van der Waals surface area contributed by atoms with Crippen LogP contribution < -0.4 is 4.90 Å². The van der Waals surface area contributed by atoms with Gasteiger partial charge in [0, 0.05) is 57.5 Å². The van der Waals surface area contributed by atoms with Gasteiger partial charge in [0.15, 0.2) is 5.13 Å². The Hall–Kier alpha value is -1.02. The van der Waals surface area contributed by atoms with Gasteiger partial charge in [-0.3, -0.25) is 19.5 Å². The van der Waals surface area contributed by atoms with Crippen LogP contribution in [0.2, 0.25) is 0 Å². The first-order chi connectivity index (χ1) is 10.6. The second kappa shape index (κ2) is 8.57. The Morgan fingerprint density at radius 2 is 2.36 bits per heavy atom. The van der Waals surface area contributed by atoms with E-state index in [2.05, 4.69) is 21.7 Å². The molecule has 0 unspecified atom stereocenters. The van der Waals surface area contributed by atoms with Crippen molar-refractivity contribution in [1.82, 2.24) is 14.8 Å². The van der Waals surface area contributed by atoms with Gasteiger partial charge in [0.05, 0.1) is 13.2 Å². The van der Waals surface area contributed by atoms with E-state index in [-0.39, 0.29) is 5.91 Å². The monoisotopic (exact) mass is 326 g/mol. The number of hydrogen-bond acceptors (Lipinski definition) is 6. The number of piperazine rings is 1. The second-order valence-electron chi connectivity index (χ2n) is 5.58. The van der Waals surface area contributed by atoms with Gasteiger partial charge in [0.2, 0.25) is 5.91 Å². The van der Waals surface area contributed by atoms with Gasteiger partial charge in [0.25, 0.3) is 0 Å². The Bertz CT molecular complexity index is 454. The molecule has 0 aliphatic carbocycles. The molecule has 1 aromatic heterocycles. The van der Waals surface area contributed by atoms with Crippen molar-refractivity contribution in [3.8, 4) is 0 Å². The van der Waals surface area contributed by atoms with Crippen LogP contribution in [0.1, 0.15) is 13.8 Å². The Balaban J connectivity index is 1.77. The van der Waals surface area contributed by atoms with Gasteiger partial charge >= 0.3 is 0 Å². The molecule has 2 heterocycles. The molecule has 1 fully saturated rings. The van der Waals surface area contributed by atoms with E-state index < -0.39 is 0 Å². The molecular formula is C15H26N4O2S. The van der Waals surface area contributed by atoms with Gasteiger partial charge in [-0.25, -0.2) is 4.98 Å². The maximum Gasteiger partial charge on any atom is 0.242 e. The SMILES string of the molecule is CCOCCN1CCN(CC(=O)N(C)c2nccs2)C[C@H]1C. The zero-order chi connectivity index (χ0) is 15.9. The summed E-state index contributed by atoms with van der Waals surface area (Å²) in [5, 5.41) is 2.65. The number of anilines is 1. The number of aromatic nitrogens is 1. The summed E-state index contributed by atoms with van der Waals surface area (Å²) in [5.74, 6) is 0.102. The molecule has 0 saturated carbocycles. The van der Waals surface area contributed by atoms with Gasteiger partial charge in [0.1, 0.15) is 0 Å². The highest BCUT2D eigenvalue weighted by atomic mass is 32.1. The zero-order valence-electron chi connectivity index (χ0n) is 13.7. The van der Waals surface area contributed by atoms with E-state index in [1.54, 1.807) is 18.1 Å². The highest BCUT2D eigenvalue weighted by Crippen LogP contribution is 2.16. The van der Waals surface area contributed by atoms with Crippen LogP contribution in [0.5, 0.6) is 0 Å². The molecule has 1 aromatic rings. The molecule has 124 valence electrons. The van der Waals surface area contributed by atoms with Crippen molar-refractivity contribution < 1.29 is 9.53 Å². The second-order valence-corrected chi connectivity index (χ2v) is 6.46. The molecule has 1 amide bonds. The molecule has 1 atom stereocenters. The van der Waals surface area contributed by atoms with Crippen molar-refractivity contribution in [2.45, 2.75) is 19.9 Å². The first-order valence-corrected chi connectivity index (χ1v) is 8.70. The molecule has 1 aliphatic rings. The quantitative estimate of drug-likeness (QED) is 0.704. The number of likely N-dealkylation sites (N-methyl/N-ethyl adjacent to an activating group) is 1. The summed E-state index contributed by atoms with van der Waals surface area (Å²) in [6, 6.07) is 0.451. The van der Waals surface area contributed by atoms with Crippen molar-refractivity contribution in [2.75, 3.05) is 57.9 Å². The maximum absolute atomic E-state index is 12.3. The molecule has 7 heteroatoms. The molecule has 0 radical (unpaired) electrons. The van der Waals surface area contributed by atoms with Gasteiger partial charge in [-0.1, -0.05) is 0 Å². The van der Waals surface area contributed by atoms with E-state index in [1.807, 2.05) is 12.3 Å². The fraction of sp³-hybridized carbons (Fsp3) is 0.733. The lowest BCUT2D eigenvalue weighted by Crippen LogP contribution is -2.54. The van der Waals surface area contributed by atoms with E-state index in [4.69, 9.17) is 4.74 Å². The first-order valence-electron chi connectivity index (χ1n) is 7.82. The number of carbonyl (C=O) groups excluding carboxylic acids is 1. The number of nitrogens with zero attached hydrogens (tertiary/aromatic N) is 4. The minimum Gasteiger partial charge on any atom is -0.380 e. The van der Waals surface area contributed by atoms with E-state index in [0.29, 0.717) is 12.6 Å². The van der Waals surface area contributed by atoms with E-state index in [1.165, 1.54) is 11.3 Å². The predicted molar refractivity (Wildman–Crippen MR) is 89.5 cm³/mol. The van der Waals surface area contributed by atoms with Crippen LogP contribution in [0.3, 0.4) is 0 Å². The molecule has 0 N–H and O–H groups in total. The van der Waals surface area contributed by atoms with Crippen LogP contribution in [0.15, 0.2) is 11.6 Å². The van der Waals surface area contributed by atoms with Gasteiger partial charge in [-0.15, -0.1) is 11.3 Å². The minimum atomic E-state index is 0.102. The average molecular weight is 326 g/mol. The molecular weight excluding hydrogens is 300 g/mol. The van der Waals surface area contributed by atoms with E-state index in [9.17, 15) is 4.79 Å². The summed E-state index contributed by atoms with van der Waals surface area (Å²) in [5.41, 5.74) is 0. The van der Waals surface area contributed by atoms with Crippen molar-refractivity contribution in [2.24, 2.45) is 0 Å². The van der Waals surface area contributed by atoms with Crippen LogP contribution >= 0.6 is 11.3 Å². The van der Waals surface area contributed by atoms with Crippen LogP contribution in [-0.4, -0.2) is 79.7 Å². The lowest BCUT2D eigenvalue weighted by molar-refractivity contribution is -0.120. The summed E-state index contributed by atoms with van der Waals surface area (Å²) < 4.78 is 5.43. The normalized spacial score (nSPS) is 20.2. The number of ether oxygens (including phenoxy) is 1. The van der Waals surface area contributed by atoms with Crippen molar-refractivity contribution >= 4 is 22.4 Å². The Labute approximate surface area is 136 Å². The van der Waals surface area contributed by atoms with Crippen LogP contribution in [-0.2, 0) is 9.53 Å². The third-order valence-corrected chi connectivity index (χ3v) is 4.86. The number of carbonyl (C=O) groups is 1. The third-order valence-electron chi connectivity index (χ3n) is 4.02. The van der Waals surface area contributed by atoms with Crippen LogP contribution in [0.4, 0.5) is 5.13 Å². The van der Waals surface area contributed by atoms with Crippen LogP contribution in [0, 0.1) is 0 Å². The topological polar surface area (TPSA) is 48.9 Å². The largest absolute Gasteiger partial charge is 0.380 e. The molecule has 0 bridgehead atoms. The Morgan fingerprint density at radius 3 is 3.00 bits per heavy atom. The maximum atomic E-state index is 12.3. The molecule has 1 saturated heterocycles. The smallest absolute Gasteiger partial charge is 0.242 e. The molecule has 0 spiro atoms. The molecule has 6 nitrogen and oxygen atoms in total. The molecule has 1 aliphatic heterocycles. The highest BCUT2D eigenvalue weighted by Gasteiger charge is 2.25. The number of thiazole rings is 1. The predicted octanol–water partition coefficient (Wildman–Crippen LogP) is 1.15. The summed E-state index contributed by atoms with van der Waals surface area (Å²) in [6.07, 6.45) is 1.73. The zero-order valence-corrected chi connectivity index (χ0v) is 14.5. The summed E-state index contributed by atoms with van der Waals surface area (Å²) >= 11 is 1.49. The standard InChI is InChI=1S/C15H26N4O2S/c1-4-21-9-8-19-7-6-18(11-13(19)2)12-14(20)17(3)15-16-5-10-22-15/h5,10,13H,4,6-9,11-12H2,1-3H3/t13-/m1/s1. The van der Waals surface area contributed by atoms with Crippen LogP contribution in [0.25, 0.3) is 0 Å². The number of hydrogen-bond donors (Lipinski definition) is 0. The molecule has 2 rings (SSSR count). The number of rotatable bonds is 7. The summed E-state index contributed by atoms with van der Waals surface area (Å²) in [4.78, 5) is 22.8. The van der Waals surface area contributed by atoms with Crippen molar-refractivity contribution in [1.29, 1.82) is 0 Å². The highest BCUT2D eigenvalue weighted by molar-refractivity contribution is 7.13. The van der Waals surface area contributed by atoms with Gasteiger partial charge < -0.3 is 4.74 Å². The van der Waals surface area contributed by atoms with E-state index in [0.717, 1.165) is 44.5 Å². The van der Waals surface area contributed by atoms with E-state index >= 15 is 0 Å². The fourth-order valence-corrected chi connectivity index (χ4v) is 3.28. The molecule has 22 heavy (non-hydrogen) atoms. The Kier molecular flexibility index (Phi) is 6.75.